The molecule has 2 heterocycles. The Kier molecular flexibility index (Phi) is 4.51. The number of hydrogen-bond acceptors (Lipinski definition) is 4. The summed E-state index contributed by atoms with van der Waals surface area (Å²) in [5, 5.41) is 10.8. The number of allylic oxidation sites excluding steroid dienone is 4. The summed E-state index contributed by atoms with van der Waals surface area (Å²) in [5.74, 6) is 0.616. The van der Waals surface area contributed by atoms with Gasteiger partial charge in [-0.05, 0) is 100 Å². The third-order valence-corrected chi connectivity index (χ3v) is 12.1. The Morgan fingerprint density at radius 3 is 2.29 bits per heavy atom. The molecule has 188 valence electrons. The van der Waals surface area contributed by atoms with Gasteiger partial charge in [-0.15, -0.1) is 0 Å². The second-order valence-corrected chi connectivity index (χ2v) is 14.4. The van der Waals surface area contributed by atoms with Gasteiger partial charge in [0.1, 0.15) is 5.60 Å². The van der Waals surface area contributed by atoms with Crippen LogP contribution in [0, 0.1) is 33.5 Å². The van der Waals surface area contributed by atoms with Gasteiger partial charge >= 0.3 is 5.97 Å². The van der Waals surface area contributed by atoms with Gasteiger partial charge in [-0.2, -0.15) is 0 Å². The van der Waals surface area contributed by atoms with Crippen molar-refractivity contribution < 1.29 is 19.4 Å². The van der Waals surface area contributed by atoms with Crippen molar-refractivity contribution in [1.82, 2.24) is 0 Å². The fourth-order valence-electron chi connectivity index (χ4n) is 10.00. The van der Waals surface area contributed by atoms with Gasteiger partial charge < -0.3 is 14.6 Å². The summed E-state index contributed by atoms with van der Waals surface area (Å²) < 4.78 is 12.9. The van der Waals surface area contributed by atoms with Gasteiger partial charge in [-0.25, -0.2) is 0 Å². The molecule has 0 amide bonds. The Labute approximate surface area is 205 Å². The Morgan fingerprint density at radius 2 is 1.62 bits per heavy atom. The number of aliphatic hydroxyl groups excluding tert-OH is 1. The van der Waals surface area contributed by atoms with Gasteiger partial charge in [0.05, 0.1) is 23.2 Å². The van der Waals surface area contributed by atoms with Crippen molar-refractivity contribution in [3.05, 3.63) is 23.3 Å². The quantitative estimate of drug-likeness (QED) is 0.471. The topological polar surface area (TPSA) is 55.8 Å². The van der Waals surface area contributed by atoms with Crippen LogP contribution in [0.2, 0.25) is 0 Å². The molecule has 0 radical (unpaired) electrons. The van der Waals surface area contributed by atoms with E-state index in [2.05, 4.69) is 60.6 Å². The molecule has 2 saturated carbocycles. The monoisotopic (exact) mass is 468 g/mol. The van der Waals surface area contributed by atoms with Crippen LogP contribution in [0.15, 0.2) is 23.3 Å². The molecular weight excluding hydrogens is 424 g/mol. The number of hydrogen-bond donors (Lipinski definition) is 1. The van der Waals surface area contributed by atoms with Crippen molar-refractivity contribution in [3.8, 4) is 0 Å². The average Bonchev–Trinajstić information content (AvgIpc) is 3.35. The maximum Gasteiger partial charge on any atom is 0.314 e. The van der Waals surface area contributed by atoms with Crippen molar-refractivity contribution >= 4 is 5.97 Å². The number of ether oxygens (including phenoxy) is 2. The first-order chi connectivity index (χ1) is 15.7. The van der Waals surface area contributed by atoms with Crippen molar-refractivity contribution in [1.29, 1.82) is 0 Å². The lowest BCUT2D eigenvalue weighted by Gasteiger charge is -2.60. The van der Waals surface area contributed by atoms with Crippen LogP contribution in [0.4, 0.5) is 0 Å². The van der Waals surface area contributed by atoms with Crippen LogP contribution in [0.5, 0.6) is 0 Å². The Balaban J connectivity index is 1.43. The number of rotatable bonds is 1. The first kappa shape index (κ1) is 23.3. The summed E-state index contributed by atoms with van der Waals surface area (Å²) in [4.78, 5) is 14.0. The van der Waals surface area contributed by atoms with Gasteiger partial charge in [-0.1, -0.05) is 39.8 Å². The van der Waals surface area contributed by atoms with E-state index in [1.807, 2.05) is 0 Å². The average molecular weight is 469 g/mol. The molecule has 1 spiro atoms. The number of aliphatic hydroxyl groups is 1. The number of cyclic esters (lactones) is 1. The van der Waals surface area contributed by atoms with Crippen molar-refractivity contribution in [2.75, 3.05) is 0 Å². The summed E-state index contributed by atoms with van der Waals surface area (Å²) in [5.41, 5.74) is 1.45. The molecule has 4 nitrogen and oxygen atoms in total. The van der Waals surface area contributed by atoms with Crippen LogP contribution < -0.4 is 0 Å². The Hall–Kier alpha value is -1.13. The van der Waals surface area contributed by atoms with Crippen LogP contribution in [0.3, 0.4) is 0 Å². The van der Waals surface area contributed by atoms with E-state index in [1.165, 1.54) is 11.1 Å². The number of carbonyl (C=O) groups is 1. The Morgan fingerprint density at radius 1 is 0.882 bits per heavy atom. The van der Waals surface area contributed by atoms with E-state index in [1.54, 1.807) is 0 Å². The number of fused-ring (bicyclic) bond motifs is 4. The van der Waals surface area contributed by atoms with Crippen molar-refractivity contribution in [2.24, 2.45) is 33.5 Å². The molecule has 6 aliphatic rings. The maximum absolute atomic E-state index is 14.0. The second kappa shape index (κ2) is 6.59. The third-order valence-electron chi connectivity index (χ3n) is 12.1. The predicted molar refractivity (Wildman–Crippen MR) is 132 cm³/mol. The molecule has 4 fully saturated rings. The molecule has 6 rings (SSSR count). The second-order valence-electron chi connectivity index (χ2n) is 14.4. The highest BCUT2D eigenvalue weighted by Crippen LogP contribution is 2.75. The van der Waals surface area contributed by atoms with Gasteiger partial charge in [-0.3, -0.25) is 4.79 Å². The summed E-state index contributed by atoms with van der Waals surface area (Å²) >= 11 is 0. The first-order valence-electron chi connectivity index (χ1n) is 13.7. The normalized spacial score (nSPS) is 52.6. The molecule has 1 N–H and O–H groups in total. The lowest BCUT2D eigenvalue weighted by molar-refractivity contribution is -0.171. The zero-order chi connectivity index (χ0) is 24.5. The fraction of sp³-hybridized carbons (Fsp3) is 0.833. The van der Waals surface area contributed by atoms with E-state index in [-0.39, 0.29) is 45.9 Å². The van der Waals surface area contributed by atoms with E-state index in [9.17, 15) is 9.90 Å². The smallest absolute Gasteiger partial charge is 0.314 e. The van der Waals surface area contributed by atoms with E-state index in [0.717, 1.165) is 51.4 Å². The Bertz CT molecular complexity index is 1010. The molecule has 4 heteroatoms. The molecule has 0 unspecified atom stereocenters. The van der Waals surface area contributed by atoms with Gasteiger partial charge in [0, 0.05) is 11.3 Å². The van der Waals surface area contributed by atoms with Crippen molar-refractivity contribution in [3.63, 3.8) is 0 Å². The fourth-order valence-corrected chi connectivity index (χ4v) is 10.00. The summed E-state index contributed by atoms with van der Waals surface area (Å²) in [6.45, 7) is 15.8. The maximum atomic E-state index is 14.0. The molecule has 0 aromatic heterocycles. The first-order valence-corrected chi connectivity index (χ1v) is 13.7. The third kappa shape index (κ3) is 2.50. The van der Waals surface area contributed by atoms with Crippen LogP contribution in [-0.2, 0) is 14.3 Å². The minimum absolute atomic E-state index is 0.0104. The van der Waals surface area contributed by atoms with Crippen LogP contribution in [0.1, 0.15) is 99.8 Å². The highest BCUT2D eigenvalue weighted by Gasteiger charge is 2.76. The minimum atomic E-state index is -0.549. The van der Waals surface area contributed by atoms with E-state index < -0.39 is 11.0 Å². The van der Waals surface area contributed by atoms with Crippen LogP contribution >= 0.6 is 0 Å². The highest BCUT2D eigenvalue weighted by atomic mass is 16.6. The largest absolute Gasteiger partial charge is 0.456 e. The highest BCUT2D eigenvalue weighted by molar-refractivity contribution is 5.85. The van der Waals surface area contributed by atoms with Crippen LogP contribution in [0.25, 0.3) is 0 Å². The molecule has 0 bridgehead atoms. The lowest BCUT2D eigenvalue weighted by atomic mass is 9.44. The predicted octanol–water partition coefficient (Wildman–Crippen LogP) is 6.13. The summed E-state index contributed by atoms with van der Waals surface area (Å²) in [6, 6.07) is 0. The van der Waals surface area contributed by atoms with E-state index in [4.69, 9.17) is 9.47 Å². The van der Waals surface area contributed by atoms with Crippen molar-refractivity contribution in [2.45, 2.75) is 123 Å². The molecule has 2 saturated heterocycles. The minimum Gasteiger partial charge on any atom is -0.456 e. The summed E-state index contributed by atoms with van der Waals surface area (Å²) in [7, 11) is 0. The lowest BCUT2D eigenvalue weighted by Crippen LogP contribution is -2.55. The zero-order valence-corrected chi connectivity index (χ0v) is 22.3. The molecule has 4 aliphatic carbocycles. The SMILES string of the molecule is CC1(C)CC[C@H]([C@@]2(C)OC(=O)[C@]34CC=C5C(=CC[C@@H]6C(C)(C)[C@@H](O)CC[C@]56C)[C@]3(C)CC[C@H]24)O1. The zero-order valence-electron chi connectivity index (χ0n) is 22.3. The molecule has 8 atom stereocenters. The number of carbonyl (C=O) groups excluding carboxylic acids is 1. The molecule has 0 aromatic carbocycles. The molecule has 0 aromatic rings. The number of esters is 1. The van der Waals surface area contributed by atoms with Gasteiger partial charge in [0.25, 0.3) is 0 Å². The van der Waals surface area contributed by atoms with Gasteiger partial charge in [0.2, 0.25) is 0 Å². The van der Waals surface area contributed by atoms with E-state index >= 15 is 0 Å². The standard InChI is InChI=1S/C30H44O4/c1-25(2)14-13-23(33-25)29(7)21-11-16-28(6)19-8-9-20-26(3,4)22(31)12-15-27(20,5)18(19)10-17-30(21,28)24(32)34-29/h8,10,20-23,31H,9,11-17H2,1-7H3/t20-,21-,22+,23-,27-,28+,29+,30-/m1/s1. The molecule has 34 heavy (non-hydrogen) atoms. The van der Waals surface area contributed by atoms with Gasteiger partial charge in [0.15, 0.2) is 0 Å². The summed E-state index contributed by atoms with van der Waals surface area (Å²) in [6.07, 6.45) is 12.3. The van der Waals surface area contributed by atoms with E-state index in [0.29, 0.717) is 5.92 Å². The molecular formula is C30H44O4. The molecule has 2 aliphatic heterocycles. The van der Waals surface area contributed by atoms with Crippen LogP contribution in [-0.4, -0.2) is 34.5 Å².